The molecular weight excluding hydrogens is 234 g/mol. The molecule has 3 rings (SSSR count). The van der Waals surface area contributed by atoms with Gasteiger partial charge in [-0.2, -0.15) is 0 Å². The Kier molecular flexibility index (Phi) is 3.53. The molecule has 1 N–H and O–H groups in total. The molecule has 2 aliphatic carbocycles. The van der Waals surface area contributed by atoms with Crippen LogP contribution in [0.1, 0.15) is 45.1 Å². The lowest BCUT2D eigenvalue weighted by Crippen LogP contribution is -2.64. The summed E-state index contributed by atoms with van der Waals surface area (Å²) in [4.78, 5) is 0. The van der Waals surface area contributed by atoms with Crippen LogP contribution >= 0.6 is 0 Å². The van der Waals surface area contributed by atoms with Gasteiger partial charge in [-0.25, -0.2) is 0 Å². The van der Waals surface area contributed by atoms with E-state index >= 15 is 0 Å². The topological polar surface area (TPSA) is 21.3 Å². The fourth-order valence-electron chi connectivity index (χ4n) is 3.80. The first-order valence-electron chi connectivity index (χ1n) is 7.76. The Morgan fingerprint density at radius 2 is 2.05 bits per heavy atom. The predicted molar refractivity (Wildman–Crippen MR) is 79.5 cm³/mol. The van der Waals surface area contributed by atoms with Crippen molar-refractivity contribution < 1.29 is 4.74 Å². The summed E-state index contributed by atoms with van der Waals surface area (Å²) >= 11 is 0. The van der Waals surface area contributed by atoms with Gasteiger partial charge in [-0.15, -0.1) is 0 Å². The highest BCUT2D eigenvalue weighted by Crippen LogP contribution is 2.58. The van der Waals surface area contributed by atoms with E-state index < -0.39 is 0 Å². The third kappa shape index (κ3) is 2.06. The minimum Gasteiger partial charge on any atom is -0.381 e. The van der Waals surface area contributed by atoms with Gasteiger partial charge in [0.2, 0.25) is 0 Å². The van der Waals surface area contributed by atoms with Gasteiger partial charge in [-0.05, 0) is 44.2 Å². The molecule has 1 aromatic carbocycles. The number of anilines is 1. The molecule has 2 aliphatic rings. The fourth-order valence-corrected chi connectivity index (χ4v) is 3.80. The first-order valence-corrected chi connectivity index (χ1v) is 7.76. The Morgan fingerprint density at radius 1 is 1.26 bits per heavy atom. The first kappa shape index (κ1) is 13.0. The monoisotopic (exact) mass is 259 g/mol. The average molecular weight is 259 g/mol. The lowest BCUT2D eigenvalue weighted by Gasteiger charge is -2.61. The van der Waals surface area contributed by atoms with Gasteiger partial charge in [0.05, 0.1) is 6.10 Å². The van der Waals surface area contributed by atoms with E-state index in [-0.39, 0.29) is 0 Å². The summed E-state index contributed by atoms with van der Waals surface area (Å²) in [5, 5.41) is 3.80. The number of aryl methyl sites for hydroxylation is 1. The molecule has 2 saturated carbocycles. The highest BCUT2D eigenvalue weighted by molar-refractivity contribution is 5.53. The smallest absolute Gasteiger partial charge is 0.0670 e. The Bertz CT molecular complexity index is 439. The van der Waals surface area contributed by atoms with Gasteiger partial charge in [0.1, 0.15) is 0 Å². The van der Waals surface area contributed by atoms with Crippen LogP contribution in [-0.4, -0.2) is 18.8 Å². The summed E-state index contributed by atoms with van der Waals surface area (Å²) in [7, 11) is 0. The van der Waals surface area contributed by atoms with E-state index in [0.717, 1.165) is 13.0 Å². The zero-order chi connectivity index (χ0) is 13.3. The number of hydrogen-bond acceptors (Lipinski definition) is 2. The molecular formula is C17H25NO. The Morgan fingerprint density at radius 3 is 2.68 bits per heavy atom. The molecule has 19 heavy (non-hydrogen) atoms. The fraction of sp³-hybridized carbons (Fsp3) is 0.647. The standard InChI is InChI=1S/C17H25NO/c1-3-13-8-5-6-9-14(13)18-15-12-16(19-4-2)17(15)10-7-11-17/h5-6,8-9,15-16,18H,3-4,7,10-12H2,1-2H3. The van der Waals surface area contributed by atoms with Crippen molar-refractivity contribution in [1.82, 2.24) is 0 Å². The maximum Gasteiger partial charge on any atom is 0.0670 e. The first-order chi connectivity index (χ1) is 9.30. The van der Waals surface area contributed by atoms with Crippen molar-refractivity contribution in [2.75, 3.05) is 11.9 Å². The highest BCUT2D eigenvalue weighted by atomic mass is 16.5. The van der Waals surface area contributed by atoms with E-state index in [2.05, 4.69) is 43.4 Å². The molecule has 2 fully saturated rings. The summed E-state index contributed by atoms with van der Waals surface area (Å²) in [5.41, 5.74) is 3.20. The Balaban J connectivity index is 1.71. The molecule has 2 unspecified atom stereocenters. The molecule has 0 heterocycles. The highest BCUT2D eigenvalue weighted by Gasteiger charge is 2.58. The lowest BCUT2D eigenvalue weighted by atomic mass is 9.51. The number of hydrogen-bond donors (Lipinski definition) is 1. The van der Waals surface area contributed by atoms with E-state index in [9.17, 15) is 0 Å². The van der Waals surface area contributed by atoms with Crippen LogP contribution in [0.5, 0.6) is 0 Å². The second-order valence-electron chi connectivity index (χ2n) is 5.97. The van der Waals surface area contributed by atoms with Crippen LogP contribution in [0.4, 0.5) is 5.69 Å². The third-order valence-corrected chi connectivity index (χ3v) is 5.17. The normalized spacial score (nSPS) is 27.7. The van der Waals surface area contributed by atoms with Crippen molar-refractivity contribution in [3.8, 4) is 0 Å². The quantitative estimate of drug-likeness (QED) is 0.862. The second kappa shape index (κ2) is 5.16. The van der Waals surface area contributed by atoms with Crippen molar-refractivity contribution in [1.29, 1.82) is 0 Å². The zero-order valence-electron chi connectivity index (χ0n) is 12.1. The molecule has 2 atom stereocenters. The molecule has 1 spiro atoms. The average Bonchev–Trinajstić information content (AvgIpc) is 2.36. The van der Waals surface area contributed by atoms with Gasteiger partial charge in [0, 0.05) is 23.8 Å². The van der Waals surface area contributed by atoms with Gasteiger partial charge >= 0.3 is 0 Å². The Hall–Kier alpha value is -1.02. The maximum absolute atomic E-state index is 5.92. The van der Waals surface area contributed by atoms with E-state index in [4.69, 9.17) is 4.74 Å². The summed E-state index contributed by atoms with van der Waals surface area (Å²) in [6.07, 6.45) is 6.81. The van der Waals surface area contributed by atoms with E-state index in [1.165, 1.54) is 36.9 Å². The summed E-state index contributed by atoms with van der Waals surface area (Å²) < 4.78 is 5.92. The number of ether oxygens (including phenoxy) is 1. The molecule has 1 aromatic rings. The molecule has 2 heteroatoms. The number of benzene rings is 1. The molecule has 2 nitrogen and oxygen atoms in total. The number of rotatable bonds is 5. The van der Waals surface area contributed by atoms with Crippen molar-refractivity contribution in [2.45, 2.75) is 58.1 Å². The van der Waals surface area contributed by atoms with Crippen LogP contribution in [0.15, 0.2) is 24.3 Å². The Labute approximate surface area is 116 Å². The lowest BCUT2D eigenvalue weighted by molar-refractivity contribution is -0.157. The van der Waals surface area contributed by atoms with Gasteiger partial charge in [0.15, 0.2) is 0 Å². The van der Waals surface area contributed by atoms with Gasteiger partial charge < -0.3 is 10.1 Å². The minimum absolute atomic E-state index is 0.441. The summed E-state index contributed by atoms with van der Waals surface area (Å²) in [5.74, 6) is 0. The maximum atomic E-state index is 5.92. The van der Waals surface area contributed by atoms with Crippen LogP contribution in [0, 0.1) is 5.41 Å². The molecule has 0 aromatic heterocycles. The second-order valence-corrected chi connectivity index (χ2v) is 5.97. The van der Waals surface area contributed by atoms with Crippen molar-refractivity contribution in [3.05, 3.63) is 29.8 Å². The van der Waals surface area contributed by atoms with E-state index in [1.54, 1.807) is 0 Å². The molecule has 0 radical (unpaired) electrons. The molecule has 0 bridgehead atoms. The van der Waals surface area contributed by atoms with Crippen molar-refractivity contribution in [3.63, 3.8) is 0 Å². The predicted octanol–water partition coefficient (Wildman–Crippen LogP) is 4.01. The number of para-hydroxylation sites is 1. The van der Waals surface area contributed by atoms with Gasteiger partial charge in [-0.3, -0.25) is 0 Å². The van der Waals surface area contributed by atoms with Crippen LogP contribution in [0.3, 0.4) is 0 Å². The molecule has 0 aliphatic heterocycles. The van der Waals surface area contributed by atoms with Crippen LogP contribution in [0.2, 0.25) is 0 Å². The van der Waals surface area contributed by atoms with Gasteiger partial charge in [-0.1, -0.05) is 31.5 Å². The third-order valence-electron chi connectivity index (χ3n) is 5.17. The largest absolute Gasteiger partial charge is 0.381 e. The van der Waals surface area contributed by atoms with Crippen molar-refractivity contribution in [2.24, 2.45) is 5.41 Å². The molecule has 0 amide bonds. The van der Waals surface area contributed by atoms with Crippen molar-refractivity contribution >= 4 is 5.69 Å². The van der Waals surface area contributed by atoms with E-state index in [0.29, 0.717) is 17.6 Å². The number of nitrogens with one attached hydrogen (secondary N) is 1. The van der Waals surface area contributed by atoms with E-state index in [1.807, 2.05) is 0 Å². The summed E-state index contributed by atoms with van der Waals surface area (Å²) in [6.45, 7) is 5.19. The summed E-state index contributed by atoms with van der Waals surface area (Å²) in [6, 6.07) is 9.33. The van der Waals surface area contributed by atoms with Crippen LogP contribution in [-0.2, 0) is 11.2 Å². The van der Waals surface area contributed by atoms with Gasteiger partial charge in [0.25, 0.3) is 0 Å². The SMILES string of the molecule is CCOC1CC(Nc2ccccc2CC)C12CCC2. The molecule has 104 valence electrons. The van der Waals surface area contributed by atoms with Crippen LogP contribution in [0.25, 0.3) is 0 Å². The van der Waals surface area contributed by atoms with Crippen LogP contribution < -0.4 is 5.32 Å². The zero-order valence-corrected chi connectivity index (χ0v) is 12.1. The minimum atomic E-state index is 0.441. The molecule has 0 saturated heterocycles.